The molecule has 2 aromatic rings. The summed E-state index contributed by atoms with van der Waals surface area (Å²) in [5.74, 6) is -0.423. The Labute approximate surface area is 153 Å². The predicted octanol–water partition coefficient (Wildman–Crippen LogP) is 4.88. The number of nitrogens with one attached hydrogen (secondary N) is 1. The molecule has 22 heavy (non-hydrogen) atoms. The molecule has 8 heteroatoms. The predicted molar refractivity (Wildman–Crippen MR) is 97.1 cm³/mol. The van der Waals surface area contributed by atoms with Gasteiger partial charge in [-0.05, 0) is 56.1 Å². The van der Waals surface area contributed by atoms with Crippen molar-refractivity contribution in [3.8, 4) is 0 Å². The van der Waals surface area contributed by atoms with Crippen LogP contribution in [0.15, 0.2) is 32.5 Å². The molecule has 1 N–H and O–H groups in total. The number of halogens is 3. The zero-order chi connectivity index (χ0) is 16.4. The number of rotatable bonds is 3. The minimum absolute atomic E-state index is 0.186. The lowest BCUT2D eigenvalue weighted by molar-refractivity contribution is 0.0827. The first-order valence-electron chi connectivity index (χ1n) is 6.07. The Morgan fingerprint density at radius 3 is 2.41 bits per heavy atom. The van der Waals surface area contributed by atoms with Crippen molar-refractivity contribution in [1.29, 1.82) is 0 Å². The Kier molecular flexibility index (Phi) is 5.65. The molecule has 0 radical (unpaired) electrons. The normalized spacial score (nSPS) is 10.4. The molecule has 1 aromatic heterocycles. The molecular weight excluding hydrogens is 455 g/mol. The number of hydrogen-bond acceptors (Lipinski definition) is 3. The number of thiophene rings is 1. The molecule has 4 nitrogen and oxygen atoms in total. The smallest absolute Gasteiger partial charge is 0.265 e. The number of anilines is 1. The van der Waals surface area contributed by atoms with Crippen LogP contribution in [0.25, 0.3) is 0 Å². The highest BCUT2D eigenvalue weighted by atomic mass is 79.9. The third-order valence-electron chi connectivity index (χ3n) is 2.73. The van der Waals surface area contributed by atoms with Crippen LogP contribution in [0.5, 0.6) is 0 Å². The van der Waals surface area contributed by atoms with Gasteiger partial charge in [-0.3, -0.25) is 9.59 Å². The van der Waals surface area contributed by atoms with E-state index < -0.39 is 0 Å². The maximum atomic E-state index is 12.2. The highest BCUT2D eigenvalue weighted by Crippen LogP contribution is 2.33. The van der Waals surface area contributed by atoms with E-state index in [1.165, 1.54) is 16.2 Å². The number of nitrogens with zero attached hydrogens (tertiary/aromatic N) is 1. The lowest BCUT2D eigenvalue weighted by Gasteiger charge is -2.12. The molecule has 0 unspecified atom stereocenters. The third-order valence-corrected chi connectivity index (χ3v) is 6.30. The molecule has 0 saturated carbocycles. The van der Waals surface area contributed by atoms with Crippen molar-refractivity contribution in [2.24, 2.45) is 0 Å². The number of hydrogen-bond donors (Lipinski definition) is 1. The first-order chi connectivity index (χ1) is 10.3. The van der Waals surface area contributed by atoms with Crippen LogP contribution >= 0.6 is 54.8 Å². The van der Waals surface area contributed by atoms with Crippen LogP contribution in [0, 0.1) is 0 Å². The summed E-state index contributed by atoms with van der Waals surface area (Å²) in [5, 5.41) is 3.05. The molecule has 0 spiro atoms. The molecule has 0 atom stereocenters. The van der Waals surface area contributed by atoms with Crippen molar-refractivity contribution in [3.05, 3.63) is 48.0 Å². The zero-order valence-corrected chi connectivity index (χ0v) is 16.4. The van der Waals surface area contributed by atoms with Gasteiger partial charge in [0.15, 0.2) is 0 Å². The first-order valence-corrected chi connectivity index (χ1v) is 8.85. The highest BCUT2D eigenvalue weighted by molar-refractivity contribution is 9.13. The maximum absolute atomic E-state index is 12.2. The average molecular weight is 467 g/mol. The monoisotopic (exact) mass is 464 g/mol. The molecule has 116 valence electrons. The molecule has 1 heterocycles. The standard InChI is InChI=1S/C14H11Br2ClN2O2S/c1-19(2)14(21)8-4-3-7(5-10(8)17)18-13(20)11-6-9(15)12(16)22-11/h3-6H,1-2H3,(H,18,20). The van der Waals surface area contributed by atoms with Crippen molar-refractivity contribution in [2.45, 2.75) is 0 Å². The lowest BCUT2D eigenvalue weighted by Crippen LogP contribution is -2.22. The number of carbonyl (C=O) groups is 2. The largest absolute Gasteiger partial charge is 0.345 e. The summed E-state index contributed by atoms with van der Waals surface area (Å²) in [6, 6.07) is 6.54. The fourth-order valence-corrected chi connectivity index (χ4v) is 3.85. The van der Waals surface area contributed by atoms with Gasteiger partial charge in [0, 0.05) is 24.3 Å². The SMILES string of the molecule is CN(C)C(=O)c1ccc(NC(=O)c2cc(Br)c(Br)s2)cc1Cl. The van der Waals surface area contributed by atoms with Crippen LogP contribution in [0.4, 0.5) is 5.69 Å². The van der Waals surface area contributed by atoms with Crippen molar-refractivity contribution >= 4 is 72.3 Å². The average Bonchev–Trinajstić information content (AvgIpc) is 2.78. The van der Waals surface area contributed by atoms with Crippen molar-refractivity contribution < 1.29 is 9.59 Å². The second kappa shape index (κ2) is 7.12. The number of benzene rings is 1. The lowest BCUT2D eigenvalue weighted by atomic mass is 10.2. The molecule has 0 aliphatic heterocycles. The Morgan fingerprint density at radius 2 is 1.91 bits per heavy atom. The molecule has 0 aliphatic carbocycles. The molecule has 0 fully saturated rings. The molecule has 0 saturated heterocycles. The van der Waals surface area contributed by atoms with Gasteiger partial charge in [-0.2, -0.15) is 0 Å². The molecule has 0 aliphatic rings. The van der Waals surface area contributed by atoms with Crippen LogP contribution in [0.2, 0.25) is 5.02 Å². The van der Waals surface area contributed by atoms with Crippen LogP contribution in [-0.2, 0) is 0 Å². The van der Waals surface area contributed by atoms with Gasteiger partial charge < -0.3 is 10.2 Å². The topological polar surface area (TPSA) is 49.4 Å². The van der Waals surface area contributed by atoms with E-state index in [0.717, 1.165) is 8.26 Å². The third kappa shape index (κ3) is 3.90. The molecule has 2 rings (SSSR count). The summed E-state index contributed by atoms with van der Waals surface area (Å²) in [7, 11) is 3.31. The van der Waals surface area contributed by atoms with Gasteiger partial charge in [-0.25, -0.2) is 0 Å². The molecular formula is C14H11Br2ClN2O2S. The summed E-state index contributed by atoms with van der Waals surface area (Å²) >= 11 is 14.1. The van der Waals surface area contributed by atoms with E-state index in [-0.39, 0.29) is 11.8 Å². The van der Waals surface area contributed by atoms with E-state index in [1.54, 1.807) is 38.4 Å². The van der Waals surface area contributed by atoms with E-state index in [1.807, 2.05) is 0 Å². The number of amides is 2. The van der Waals surface area contributed by atoms with Crippen LogP contribution in [0.1, 0.15) is 20.0 Å². The zero-order valence-electron chi connectivity index (χ0n) is 11.6. The van der Waals surface area contributed by atoms with Crippen LogP contribution in [-0.4, -0.2) is 30.8 Å². The van der Waals surface area contributed by atoms with E-state index in [2.05, 4.69) is 37.2 Å². The van der Waals surface area contributed by atoms with Gasteiger partial charge in [0.05, 0.1) is 19.2 Å². The van der Waals surface area contributed by atoms with Crippen LogP contribution < -0.4 is 5.32 Å². The summed E-state index contributed by atoms with van der Waals surface area (Å²) in [4.78, 5) is 26.1. The highest BCUT2D eigenvalue weighted by Gasteiger charge is 2.15. The Hall–Kier alpha value is -0.890. The van der Waals surface area contributed by atoms with E-state index in [9.17, 15) is 9.59 Å². The summed E-state index contributed by atoms with van der Waals surface area (Å²) in [6.45, 7) is 0. The van der Waals surface area contributed by atoms with E-state index in [4.69, 9.17) is 11.6 Å². The Balaban J connectivity index is 2.19. The summed E-state index contributed by atoms with van der Waals surface area (Å²) < 4.78 is 1.68. The van der Waals surface area contributed by atoms with Crippen molar-refractivity contribution in [2.75, 3.05) is 19.4 Å². The van der Waals surface area contributed by atoms with E-state index >= 15 is 0 Å². The van der Waals surface area contributed by atoms with Gasteiger partial charge in [0.1, 0.15) is 0 Å². The fraction of sp³-hybridized carbons (Fsp3) is 0.143. The number of carbonyl (C=O) groups excluding carboxylic acids is 2. The van der Waals surface area contributed by atoms with Gasteiger partial charge in [0.25, 0.3) is 11.8 Å². The van der Waals surface area contributed by atoms with Crippen LogP contribution in [0.3, 0.4) is 0 Å². The second-order valence-electron chi connectivity index (χ2n) is 4.58. The van der Waals surface area contributed by atoms with Crippen molar-refractivity contribution in [1.82, 2.24) is 4.90 Å². The van der Waals surface area contributed by atoms with Gasteiger partial charge in [0.2, 0.25) is 0 Å². The van der Waals surface area contributed by atoms with E-state index in [0.29, 0.717) is 21.2 Å². The fourth-order valence-electron chi connectivity index (χ4n) is 1.66. The van der Waals surface area contributed by atoms with Gasteiger partial charge in [-0.15, -0.1) is 11.3 Å². The first kappa shape index (κ1) is 17.5. The minimum atomic E-state index is -0.237. The summed E-state index contributed by atoms with van der Waals surface area (Å²) in [6.07, 6.45) is 0. The Bertz CT molecular complexity index is 727. The second-order valence-corrected chi connectivity index (χ2v) is 8.21. The van der Waals surface area contributed by atoms with Gasteiger partial charge in [-0.1, -0.05) is 11.6 Å². The molecule has 1 aromatic carbocycles. The molecule has 2 amide bonds. The van der Waals surface area contributed by atoms with Gasteiger partial charge >= 0.3 is 0 Å². The Morgan fingerprint density at radius 1 is 1.23 bits per heavy atom. The maximum Gasteiger partial charge on any atom is 0.265 e. The quantitative estimate of drug-likeness (QED) is 0.701. The summed E-state index contributed by atoms with van der Waals surface area (Å²) in [5.41, 5.74) is 0.928. The minimum Gasteiger partial charge on any atom is -0.345 e. The van der Waals surface area contributed by atoms with Crippen molar-refractivity contribution in [3.63, 3.8) is 0 Å². The molecule has 0 bridgehead atoms.